The van der Waals surface area contributed by atoms with E-state index in [1.54, 1.807) is 25.5 Å². The van der Waals surface area contributed by atoms with Crippen LogP contribution in [0, 0.1) is 0 Å². The molecule has 0 unspecified atom stereocenters. The van der Waals surface area contributed by atoms with E-state index in [4.69, 9.17) is 4.74 Å². The Labute approximate surface area is 99.7 Å². The van der Waals surface area contributed by atoms with Crippen LogP contribution in [0.4, 0.5) is 5.95 Å². The molecule has 0 aliphatic rings. The van der Waals surface area contributed by atoms with Gasteiger partial charge in [-0.2, -0.15) is 10.1 Å². The fourth-order valence-corrected chi connectivity index (χ4v) is 1.39. The van der Waals surface area contributed by atoms with Gasteiger partial charge in [0.05, 0.1) is 12.4 Å². The second-order valence-electron chi connectivity index (χ2n) is 3.51. The molecule has 6 heteroatoms. The molecule has 0 saturated heterocycles. The zero-order chi connectivity index (χ0) is 12.1. The lowest BCUT2D eigenvalue weighted by Crippen LogP contribution is -1.97. The van der Waals surface area contributed by atoms with Crippen molar-refractivity contribution in [3.05, 3.63) is 24.7 Å². The van der Waals surface area contributed by atoms with E-state index in [2.05, 4.69) is 27.3 Å². The van der Waals surface area contributed by atoms with Gasteiger partial charge in [-0.25, -0.2) is 4.98 Å². The van der Waals surface area contributed by atoms with Gasteiger partial charge in [-0.15, -0.1) is 0 Å². The minimum Gasteiger partial charge on any atom is -0.436 e. The summed E-state index contributed by atoms with van der Waals surface area (Å²) in [7, 11) is 1.76. The maximum absolute atomic E-state index is 5.57. The molecule has 0 fully saturated rings. The van der Waals surface area contributed by atoms with Gasteiger partial charge in [-0.1, -0.05) is 6.92 Å². The van der Waals surface area contributed by atoms with Crippen LogP contribution in [-0.2, 0) is 6.54 Å². The highest BCUT2D eigenvalue weighted by atomic mass is 16.5. The van der Waals surface area contributed by atoms with E-state index in [0.29, 0.717) is 17.6 Å². The highest BCUT2D eigenvalue weighted by molar-refractivity contribution is 5.28. The molecule has 0 bridgehead atoms. The van der Waals surface area contributed by atoms with Crippen LogP contribution in [0.5, 0.6) is 11.6 Å². The van der Waals surface area contributed by atoms with Gasteiger partial charge in [-0.05, 0) is 6.42 Å². The molecule has 2 rings (SSSR count). The quantitative estimate of drug-likeness (QED) is 0.854. The van der Waals surface area contributed by atoms with E-state index in [0.717, 1.165) is 13.0 Å². The molecular weight excluding hydrogens is 218 g/mol. The summed E-state index contributed by atoms with van der Waals surface area (Å²) < 4.78 is 7.42. The minimum absolute atomic E-state index is 0.500. The summed E-state index contributed by atoms with van der Waals surface area (Å²) >= 11 is 0. The Morgan fingerprint density at radius 3 is 3.12 bits per heavy atom. The molecule has 6 nitrogen and oxygen atoms in total. The summed E-state index contributed by atoms with van der Waals surface area (Å²) in [5.74, 6) is 1.71. The molecule has 0 aliphatic heterocycles. The van der Waals surface area contributed by atoms with E-state index >= 15 is 0 Å². The monoisotopic (exact) mass is 233 g/mol. The lowest BCUT2D eigenvalue weighted by Gasteiger charge is -2.02. The van der Waals surface area contributed by atoms with Gasteiger partial charge in [0.1, 0.15) is 0 Å². The lowest BCUT2D eigenvalue weighted by molar-refractivity contribution is 0.461. The van der Waals surface area contributed by atoms with Gasteiger partial charge >= 0.3 is 0 Å². The zero-order valence-corrected chi connectivity index (χ0v) is 9.92. The molecule has 0 saturated carbocycles. The highest BCUT2D eigenvalue weighted by Gasteiger charge is 2.03. The summed E-state index contributed by atoms with van der Waals surface area (Å²) in [6.07, 6.45) is 6.21. The Balaban J connectivity index is 2.08. The van der Waals surface area contributed by atoms with E-state index < -0.39 is 0 Å². The third kappa shape index (κ3) is 2.93. The second-order valence-corrected chi connectivity index (χ2v) is 3.51. The molecule has 0 aromatic carbocycles. The smallest absolute Gasteiger partial charge is 0.225 e. The van der Waals surface area contributed by atoms with Gasteiger partial charge in [0.2, 0.25) is 11.8 Å². The van der Waals surface area contributed by atoms with Gasteiger partial charge in [0.25, 0.3) is 0 Å². The highest BCUT2D eigenvalue weighted by Crippen LogP contribution is 2.18. The third-order valence-electron chi connectivity index (χ3n) is 2.14. The molecule has 2 heterocycles. The van der Waals surface area contributed by atoms with Crippen molar-refractivity contribution in [3.63, 3.8) is 0 Å². The van der Waals surface area contributed by atoms with Gasteiger partial charge in [-0.3, -0.25) is 4.68 Å². The molecule has 1 N–H and O–H groups in total. The summed E-state index contributed by atoms with van der Waals surface area (Å²) in [5, 5.41) is 7.03. The first-order valence-corrected chi connectivity index (χ1v) is 5.53. The van der Waals surface area contributed by atoms with Crippen LogP contribution in [0.15, 0.2) is 24.7 Å². The summed E-state index contributed by atoms with van der Waals surface area (Å²) in [5.41, 5.74) is 0. The number of aromatic nitrogens is 4. The molecule has 0 amide bonds. The van der Waals surface area contributed by atoms with E-state index in [9.17, 15) is 0 Å². The van der Waals surface area contributed by atoms with Gasteiger partial charge in [0, 0.05) is 25.9 Å². The largest absolute Gasteiger partial charge is 0.436 e. The van der Waals surface area contributed by atoms with Crippen molar-refractivity contribution < 1.29 is 4.74 Å². The number of rotatable bonds is 5. The number of ether oxygens (including phenoxy) is 1. The van der Waals surface area contributed by atoms with Crippen molar-refractivity contribution in [3.8, 4) is 11.6 Å². The van der Waals surface area contributed by atoms with Crippen LogP contribution in [0.25, 0.3) is 0 Å². The Kier molecular flexibility index (Phi) is 3.54. The topological polar surface area (TPSA) is 64.9 Å². The van der Waals surface area contributed by atoms with Gasteiger partial charge in [0.15, 0.2) is 5.75 Å². The number of anilines is 1. The molecule has 0 atom stereocenters. The van der Waals surface area contributed by atoms with Crippen LogP contribution >= 0.6 is 0 Å². The van der Waals surface area contributed by atoms with Crippen molar-refractivity contribution in [1.29, 1.82) is 0 Å². The molecule has 0 aliphatic carbocycles. The predicted molar refractivity (Wildman–Crippen MR) is 64.2 cm³/mol. The second kappa shape index (κ2) is 5.29. The van der Waals surface area contributed by atoms with Crippen LogP contribution < -0.4 is 10.1 Å². The Bertz CT molecular complexity index is 482. The first-order valence-electron chi connectivity index (χ1n) is 5.53. The number of hydrogen-bond donors (Lipinski definition) is 1. The number of hydrogen-bond acceptors (Lipinski definition) is 5. The lowest BCUT2D eigenvalue weighted by atomic mass is 10.5. The summed E-state index contributed by atoms with van der Waals surface area (Å²) in [6.45, 7) is 2.99. The Morgan fingerprint density at radius 2 is 2.35 bits per heavy atom. The Hall–Kier alpha value is -2.11. The molecule has 0 radical (unpaired) electrons. The standard InChI is InChI=1S/C11H15N5O/c1-3-6-16-8-9(7-14-16)17-10-4-5-13-11(12-2)15-10/h4-5,7-8H,3,6H2,1-2H3,(H,12,13,15). The first-order chi connectivity index (χ1) is 8.31. The average Bonchev–Trinajstić information content (AvgIpc) is 2.77. The normalized spacial score (nSPS) is 10.2. The van der Waals surface area contributed by atoms with Crippen LogP contribution in [-0.4, -0.2) is 26.8 Å². The molecule has 0 spiro atoms. The number of aryl methyl sites for hydroxylation is 1. The fourth-order valence-electron chi connectivity index (χ4n) is 1.39. The summed E-state index contributed by atoms with van der Waals surface area (Å²) in [4.78, 5) is 8.17. The van der Waals surface area contributed by atoms with Gasteiger partial charge < -0.3 is 10.1 Å². The van der Waals surface area contributed by atoms with Crippen LogP contribution in [0.1, 0.15) is 13.3 Å². The number of nitrogens with one attached hydrogen (secondary N) is 1. The maximum Gasteiger partial charge on any atom is 0.225 e. The van der Waals surface area contributed by atoms with E-state index in [1.165, 1.54) is 0 Å². The molecular formula is C11H15N5O. The van der Waals surface area contributed by atoms with E-state index in [1.807, 2.05) is 10.9 Å². The Morgan fingerprint density at radius 1 is 1.47 bits per heavy atom. The average molecular weight is 233 g/mol. The van der Waals surface area contributed by atoms with Crippen molar-refractivity contribution in [2.75, 3.05) is 12.4 Å². The van der Waals surface area contributed by atoms with E-state index in [-0.39, 0.29) is 0 Å². The van der Waals surface area contributed by atoms with Crippen molar-refractivity contribution in [2.45, 2.75) is 19.9 Å². The molecule has 2 aromatic heterocycles. The van der Waals surface area contributed by atoms with Crippen LogP contribution in [0.3, 0.4) is 0 Å². The predicted octanol–water partition coefficient (Wildman–Crippen LogP) is 1.92. The van der Waals surface area contributed by atoms with Crippen molar-refractivity contribution in [1.82, 2.24) is 19.7 Å². The number of nitrogens with zero attached hydrogens (tertiary/aromatic N) is 4. The first kappa shape index (κ1) is 11.4. The minimum atomic E-state index is 0.500. The fraction of sp³-hybridized carbons (Fsp3) is 0.364. The maximum atomic E-state index is 5.57. The van der Waals surface area contributed by atoms with Crippen molar-refractivity contribution in [2.24, 2.45) is 0 Å². The summed E-state index contributed by atoms with van der Waals surface area (Å²) in [6, 6.07) is 1.71. The third-order valence-corrected chi connectivity index (χ3v) is 2.14. The van der Waals surface area contributed by atoms with Crippen molar-refractivity contribution >= 4 is 5.95 Å². The SMILES string of the molecule is CCCn1cc(Oc2ccnc(NC)n2)cn1. The zero-order valence-electron chi connectivity index (χ0n) is 9.92. The van der Waals surface area contributed by atoms with Crippen LogP contribution in [0.2, 0.25) is 0 Å². The molecule has 17 heavy (non-hydrogen) atoms. The molecule has 2 aromatic rings. The molecule has 90 valence electrons.